The summed E-state index contributed by atoms with van der Waals surface area (Å²) in [6.45, 7) is 7.40. The van der Waals surface area contributed by atoms with Crippen LogP contribution >= 0.6 is 11.3 Å². The van der Waals surface area contributed by atoms with Gasteiger partial charge in [-0.2, -0.15) is 0 Å². The van der Waals surface area contributed by atoms with Crippen LogP contribution in [-0.2, 0) is 0 Å². The minimum Gasteiger partial charge on any atom is -0.321 e. The first-order valence-corrected chi connectivity index (χ1v) is 19.7. The van der Waals surface area contributed by atoms with Gasteiger partial charge in [0.2, 0.25) is 0 Å². The highest BCUT2D eigenvalue weighted by Gasteiger charge is 2.30. The zero-order valence-electron chi connectivity index (χ0n) is 30.7. The number of imidazole rings is 1. The number of rotatable bonds is 3. The zero-order valence-corrected chi connectivity index (χ0v) is 31.5. The van der Waals surface area contributed by atoms with Gasteiger partial charge in [-0.15, -0.1) is 11.3 Å². The van der Waals surface area contributed by atoms with Crippen LogP contribution in [0.1, 0.15) is 16.7 Å². The molecule has 5 nitrogen and oxygen atoms in total. The maximum absolute atomic E-state index is 5.00. The standard InChI is InChI=1S/C49H35N5S/c1-29-24-30(2)47(31(3)25-29)53-28-52(40-17-9-10-18-41(40)53)32-20-21-34-33-12-4-8-16-39(33)54(42(34)26-32)43-27-37-45(46-36-14-6-11-19-44(36)55-48(43)46)35-13-5-7-15-38(35)51-23-22-50-49(37)51/h4-27H,28H2,1-3H3. The quantitative estimate of drug-likeness (QED) is 0.170. The highest BCUT2D eigenvalue weighted by atomic mass is 32.1. The van der Waals surface area contributed by atoms with E-state index >= 15 is 0 Å². The number of nitrogens with zero attached hydrogens (tertiary/aromatic N) is 5. The lowest BCUT2D eigenvalue weighted by atomic mass is 9.99. The molecule has 0 saturated carbocycles. The molecule has 12 rings (SSSR count). The summed E-state index contributed by atoms with van der Waals surface area (Å²) in [5, 5.41) is 8.73. The number of anilines is 4. The van der Waals surface area contributed by atoms with Crippen LogP contribution in [0.25, 0.3) is 75.0 Å². The molecule has 0 spiro atoms. The number of aromatic nitrogens is 3. The molecule has 0 bridgehead atoms. The van der Waals surface area contributed by atoms with Crippen LogP contribution in [0, 0.1) is 20.8 Å². The monoisotopic (exact) mass is 725 g/mol. The minimum absolute atomic E-state index is 0.733. The summed E-state index contributed by atoms with van der Waals surface area (Å²) < 4.78 is 7.34. The molecule has 0 fully saturated rings. The summed E-state index contributed by atoms with van der Waals surface area (Å²) in [7, 11) is 0. The molecule has 0 atom stereocenters. The van der Waals surface area contributed by atoms with Crippen molar-refractivity contribution in [1.29, 1.82) is 0 Å². The van der Waals surface area contributed by atoms with Gasteiger partial charge in [0.25, 0.3) is 0 Å². The molecule has 6 heteroatoms. The molecule has 0 radical (unpaired) electrons. The fraction of sp³-hybridized carbons (Fsp3) is 0.0816. The largest absolute Gasteiger partial charge is 0.321 e. The number of hydrogen-bond acceptors (Lipinski definition) is 4. The predicted octanol–water partition coefficient (Wildman–Crippen LogP) is 13.3. The minimum atomic E-state index is 0.733. The third-order valence-electron chi connectivity index (χ3n) is 11.8. The summed E-state index contributed by atoms with van der Waals surface area (Å²) in [5.41, 5.74) is 14.5. The van der Waals surface area contributed by atoms with Crippen molar-refractivity contribution >= 4 is 103 Å². The van der Waals surface area contributed by atoms with E-state index in [1.165, 1.54) is 103 Å². The molecule has 0 amide bonds. The van der Waals surface area contributed by atoms with Crippen LogP contribution in [0.3, 0.4) is 0 Å². The molecule has 262 valence electrons. The SMILES string of the molecule is Cc1cc(C)c(N2CN(c3ccc4c5ccccc5n(-c5cc6c(c7ccccc7n7ccnc67)c6c5sc5ccccc56)c4c3)c3ccccc32)c(C)c1. The number of fused-ring (bicyclic) bond motifs is 14. The normalized spacial score (nSPS) is 13.2. The Morgan fingerprint density at radius 1 is 0.545 bits per heavy atom. The molecule has 4 aromatic heterocycles. The summed E-state index contributed by atoms with van der Waals surface area (Å²) >= 11 is 1.89. The Hall–Kier alpha value is -6.63. The summed E-state index contributed by atoms with van der Waals surface area (Å²) in [4.78, 5) is 9.96. The van der Waals surface area contributed by atoms with Crippen LogP contribution in [0.5, 0.6) is 0 Å². The number of aryl methyl sites for hydroxylation is 3. The molecule has 0 aliphatic carbocycles. The third-order valence-corrected chi connectivity index (χ3v) is 13.0. The second kappa shape index (κ2) is 11.2. The molecule has 7 aromatic carbocycles. The van der Waals surface area contributed by atoms with Gasteiger partial charge in [-0.25, -0.2) is 4.98 Å². The third kappa shape index (κ3) is 4.20. The van der Waals surface area contributed by atoms with Gasteiger partial charge >= 0.3 is 0 Å². The number of benzene rings is 7. The van der Waals surface area contributed by atoms with Gasteiger partial charge in [-0.05, 0) is 80.4 Å². The van der Waals surface area contributed by atoms with Crippen molar-refractivity contribution in [2.24, 2.45) is 0 Å². The van der Waals surface area contributed by atoms with Crippen molar-refractivity contribution in [3.63, 3.8) is 0 Å². The first-order chi connectivity index (χ1) is 27.0. The molecule has 0 unspecified atom stereocenters. The second-order valence-electron chi connectivity index (χ2n) is 15.0. The van der Waals surface area contributed by atoms with Gasteiger partial charge in [0.15, 0.2) is 0 Å². The van der Waals surface area contributed by atoms with E-state index in [9.17, 15) is 0 Å². The van der Waals surface area contributed by atoms with Crippen LogP contribution in [0.4, 0.5) is 22.7 Å². The lowest BCUT2D eigenvalue weighted by Crippen LogP contribution is -2.25. The van der Waals surface area contributed by atoms with Gasteiger partial charge in [0, 0.05) is 66.2 Å². The molecule has 1 aliphatic heterocycles. The number of pyridine rings is 1. The van der Waals surface area contributed by atoms with Crippen molar-refractivity contribution in [3.05, 3.63) is 163 Å². The number of thiophene rings is 1. The van der Waals surface area contributed by atoms with Crippen LogP contribution in [-0.4, -0.2) is 20.6 Å². The van der Waals surface area contributed by atoms with Crippen molar-refractivity contribution in [2.45, 2.75) is 20.8 Å². The van der Waals surface area contributed by atoms with Gasteiger partial charge in [-0.1, -0.05) is 90.5 Å². The average molecular weight is 726 g/mol. The fourth-order valence-electron chi connectivity index (χ4n) is 9.71. The van der Waals surface area contributed by atoms with Gasteiger partial charge in [0.1, 0.15) is 12.3 Å². The maximum atomic E-state index is 5.00. The van der Waals surface area contributed by atoms with E-state index < -0.39 is 0 Å². The van der Waals surface area contributed by atoms with E-state index in [0.717, 1.165) is 17.7 Å². The highest BCUT2D eigenvalue weighted by molar-refractivity contribution is 7.26. The van der Waals surface area contributed by atoms with E-state index in [1.807, 2.05) is 17.5 Å². The van der Waals surface area contributed by atoms with E-state index in [-0.39, 0.29) is 0 Å². The lowest BCUT2D eigenvalue weighted by molar-refractivity contribution is 0.979. The smallest absolute Gasteiger partial charge is 0.145 e. The van der Waals surface area contributed by atoms with E-state index in [4.69, 9.17) is 4.98 Å². The molecule has 5 heterocycles. The Kier molecular flexibility index (Phi) is 6.27. The van der Waals surface area contributed by atoms with Crippen molar-refractivity contribution in [1.82, 2.24) is 14.0 Å². The zero-order chi connectivity index (χ0) is 36.5. The Morgan fingerprint density at radius 3 is 2.04 bits per heavy atom. The first-order valence-electron chi connectivity index (χ1n) is 18.9. The van der Waals surface area contributed by atoms with E-state index in [1.54, 1.807) is 0 Å². The van der Waals surface area contributed by atoms with Crippen molar-refractivity contribution < 1.29 is 0 Å². The molecule has 55 heavy (non-hydrogen) atoms. The Morgan fingerprint density at radius 2 is 1.22 bits per heavy atom. The first kappa shape index (κ1) is 30.8. The van der Waals surface area contributed by atoms with E-state index in [2.05, 4.69) is 179 Å². The molecule has 0 N–H and O–H groups in total. The summed E-state index contributed by atoms with van der Waals surface area (Å²) in [5.74, 6) is 0. The molecule has 11 aromatic rings. The molecule has 0 saturated heterocycles. The molecular formula is C49H35N5S. The fourth-order valence-corrected chi connectivity index (χ4v) is 10.9. The van der Waals surface area contributed by atoms with Crippen LogP contribution in [0.15, 0.2) is 146 Å². The number of para-hydroxylation sites is 4. The Bertz CT molecular complexity index is 3400. The van der Waals surface area contributed by atoms with E-state index in [0.29, 0.717) is 0 Å². The topological polar surface area (TPSA) is 28.7 Å². The second-order valence-corrected chi connectivity index (χ2v) is 16.1. The molecule has 1 aliphatic rings. The Balaban J connectivity index is 1.16. The average Bonchev–Trinajstić information content (AvgIpc) is 4.00. The van der Waals surface area contributed by atoms with Crippen molar-refractivity contribution in [3.8, 4) is 5.69 Å². The van der Waals surface area contributed by atoms with Crippen molar-refractivity contribution in [2.75, 3.05) is 16.5 Å². The highest BCUT2D eigenvalue weighted by Crippen LogP contribution is 2.49. The summed E-state index contributed by atoms with van der Waals surface area (Å²) in [6, 6.07) is 49.5. The summed E-state index contributed by atoms with van der Waals surface area (Å²) in [6.07, 6.45) is 4.02. The predicted molar refractivity (Wildman–Crippen MR) is 234 cm³/mol. The molecular weight excluding hydrogens is 691 g/mol. The maximum Gasteiger partial charge on any atom is 0.145 e. The number of hydrogen-bond donors (Lipinski definition) is 0. The lowest BCUT2D eigenvalue weighted by Gasteiger charge is -2.25. The van der Waals surface area contributed by atoms with Gasteiger partial charge in [0.05, 0.1) is 38.3 Å². The van der Waals surface area contributed by atoms with Crippen LogP contribution < -0.4 is 9.80 Å². The Labute approximate surface area is 321 Å². The van der Waals surface area contributed by atoms with Gasteiger partial charge in [-0.3, -0.25) is 4.40 Å². The van der Waals surface area contributed by atoms with Crippen LogP contribution in [0.2, 0.25) is 0 Å². The van der Waals surface area contributed by atoms with Gasteiger partial charge < -0.3 is 14.4 Å².